The van der Waals surface area contributed by atoms with E-state index in [4.69, 9.17) is 0 Å². The van der Waals surface area contributed by atoms with Gasteiger partial charge >= 0.3 is 0 Å². The number of unbranched alkanes of at least 4 members (excludes halogenated alkanes) is 1. The Kier molecular flexibility index (Phi) is 5.32. The molecule has 0 spiro atoms. The molecule has 0 radical (unpaired) electrons. The van der Waals surface area contributed by atoms with Crippen molar-refractivity contribution < 1.29 is 4.79 Å². The van der Waals surface area contributed by atoms with E-state index in [1.165, 1.54) is 19.3 Å². The van der Waals surface area contributed by atoms with Crippen molar-refractivity contribution in [2.45, 2.75) is 46.0 Å². The minimum Gasteiger partial charge on any atom is -0.352 e. The van der Waals surface area contributed by atoms with Crippen LogP contribution in [0.5, 0.6) is 0 Å². The minimum atomic E-state index is -0.0684. The highest BCUT2D eigenvalue weighted by Gasteiger charge is 2.16. The molecule has 0 atom stereocenters. The second-order valence-electron chi connectivity index (χ2n) is 5.33. The maximum absolute atomic E-state index is 12.0. The highest BCUT2D eigenvalue weighted by atomic mass is 16.1. The van der Waals surface area contributed by atoms with Gasteiger partial charge in [-0.1, -0.05) is 13.3 Å². The van der Waals surface area contributed by atoms with Gasteiger partial charge in [0.15, 0.2) is 0 Å². The van der Waals surface area contributed by atoms with Crippen LogP contribution >= 0.6 is 0 Å². The Morgan fingerprint density at radius 3 is 2.75 bits per heavy atom. The monoisotopic (exact) mass is 276 g/mol. The average molecular weight is 276 g/mol. The number of carbonyl (C=O) groups excluding carboxylic acids is 1. The van der Waals surface area contributed by atoms with Gasteiger partial charge in [0.05, 0.1) is 11.3 Å². The largest absolute Gasteiger partial charge is 0.352 e. The predicted octanol–water partition coefficient (Wildman–Crippen LogP) is 2.31. The lowest BCUT2D eigenvalue weighted by Gasteiger charge is -2.26. The lowest BCUT2D eigenvalue weighted by Crippen LogP contribution is -2.32. The molecule has 0 bridgehead atoms. The van der Waals surface area contributed by atoms with E-state index in [0.29, 0.717) is 12.1 Å². The van der Waals surface area contributed by atoms with Crippen LogP contribution in [0.25, 0.3) is 0 Å². The van der Waals surface area contributed by atoms with Crippen molar-refractivity contribution in [3.8, 4) is 0 Å². The molecule has 1 fully saturated rings. The van der Waals surface area contributed by atoms with Gasteiger partial charge in [-0.3, -0.25) is 4.79 Å². The maximum Gasteiger partial charge on any atom is 0.254 e. The first-order chi connectivity index (χ1) is 9.72. The first-order valence-electron chi connectivity index (χ1n) is 7.59. The second-order valence-corrected chi connectivity index (χ2v) is 5.33. The Balaban J connectivity index is 2.03. The van der Waals surface area contributed by atoms with E-state index in [1.807, 2.05) is 6.92 Å². The number of nitrogens with one attached hydrogen (secondary N) is 1. The molecule has 0 saturated carbocycles. The van der Waals surface area contributed by atoms with Gasteiger partial charge in [0, 0.05) is 25.8 Å². The van der Waals surface area contributed by atoms with Crippen molar-refractivity contribution in [2.24, 2.45) is 0 Å². The molecule has 1 N–H and O–H groups in total. The van der Waals surface area contributed by atoms with E-state index in [-0.39, 0.29) is 5.91 Å². The third-order valence-corrected chi connectivity index (χ3v) is 3.67. The van der Waals surface area contributed by atoms with Crippen molar-refractivity contribution >= 4 is 11.9 Å². The summed E-state index contributed by atoms with van der Waals surface area (Å²) in [4.78, 5) is 23.1. The van der Waals surface area contributed by atoms with Crippen LogP contribution in [0, 0.1) is 6.92 Å². The summed E-state index contributed by atoms with van der Waals surface area (Å²) in [5.74, 6) is 0.688. The Morgan fingerprint density at radius 2 is 2.10 bits per heavy atom. The zero-order valence-corrected chi connectivity index (χ0v) is 12.5. The van der Waals surface area contributed by atoms with Crippen LogP contribution in [0.3, 0.4) is 0 Å². The van der Waals surface area contributed by atoms with Crippen molar-refractivity contribution in [3.63, 3.8) is 0 Å². The predicted molar refractivity (Wildman–Crippen MR) is 80.1 cm³/mol. The van der Waals surface area contributed by atoms with Gasteiger partial charge in [-0.15, -0.1) is 0 Å². The molecule has 1 aromatic rings. The van der Waals surface area contributed by atoms with E-state index in [9.17, 15) is 4.79 Å². The molecule has 110 valence electrons. The van der Waals surface area contributed by atoms with E-state index < -0.39 is 0 Å². The van der Waals surface area contributed by atoms with E-state index in [1.54, 1.807) is 6.20 Å². The van der Waals surface area contributed by atoms with Crippen molar-refractivity contribution in [1.29, 1.82) is 0 Å². The highest BCUT2D eigenvalue weighted by Crippen LogP contribution is 2.16. The third kappa shape index (κ3) is 3.68. The molecule has 5 heteroatoms. The number of anilines is 1. The Hall–Kier alpha value is -1.65. The van der Waals surface area contributed by atoms with E-state index in [0.717, 1.165) is 37.6 Å². The minimum absolute atomic E-state index is 0.0684. The summed E-state index contributed by atoms with van der Waals surface area (Å²) in [7, 11) is 0. The number of amides is 1. The number of piperidine rings is 1. The molecule has 1 aromatic heterocycles. The molecule has 1 amide bonds. The summed E-state index contributed by atoms with van der Waals surface area (Å²) in [6.07, 6.45) is 7.41. The van der Waals surface area contributed by atoms with Crippen LogP contribution in [0.4, 0.5) is 5.95 Å². The van der Waals surface area contributed by atoms with Crippen molar-refractivity contribution in [2.75, 3.05) is 24.5 Å². The maximum atomic E-state index is 12.0. The number of carbonyl (C=O) groups is 1. The topological polar surface area (TPSA) is 58.1 Å². The SMILES string of the molecule is CCCCNC(=O)c1cnc(N2CCCCC2)nc1C. The lowest BCUT2D eigenvalue weighted by atomic mass is 10.1. The van der Waals surface area contributed by atoms with Crippen LogP contribution in [0.15, 0.2) is 6.20 Å². The van der Waals surface area contributed by atoms with Crippen LogP contribution in [-0.2, 0) is 0 Å². The smallest absolute Gasteiger partial charge is 0.254 e. The molecule has 0 aromatic carbocycles. The van der Waals surface area contributed by atoms with Crippen LogP contribution in [0.2, 0.25) is 0 Å². The van der Waals surface area contributed by atoms with Gasteiger partial charge in [0.1, 0.15) is 0 Å². The molecule has 1 aliphatic rings. The third-order valence-electron chi connectivity index (χ3n) is 3.67. The number of aromatic nitrogens is 2. The molecule has 5 nitrogen and oxygen atoms in total. The zero-order chi connectivity index (χ0) is 14.4. The molecular formula is C15H24N4O. The normalized spacial score (nSPS) is 15.2. The quantitative estimate of drug-likeness (QED) is 0.838. The average Bonchev–Trinajstić information content (AvgIpc) is 2.48. The zero-order valence-electron chi connectivity index (χ0n) is 12.5. The van der Waals surface area contributed by atoms with Gasteiger partial charge in [0.2, 0.25) is 5.95 Å². The Bertz CT molecular complexity index is 455. The number of aryl methyl sites for hydroxylation is 1. The van der Waals surface area contributed by atoms with Gasteiger partial charge in [0.25, 0.3) is 5.91 Å². The molecule has 2 rings (SSSR count). The number of hydrogen-bond donors (Lipinski definition) is 1. The van der Waals surface area contributed by atoms with Crippen LogP contribution in [0.1, 0.15) is 55.1 Å². The molecule has 1 saturated heterocycles. The fraction of sp³-hybridized carbons (Fsp3) is 0.667. The summed E-state index contributed by atoms with van der Waals surface area (Å²) in [5, 5.41) is 2.91. The van der Waals surface area contributed by atoms with Crippen molar-refractivity contribution in [3.05, 3.63) is 17.5 Å². The van der Waals surface area contributed by atoms with E-state index >= 15 is 0 Å². The molecule has 1 aliphatic heterocycles. The molecule has 0 unspecified atom stereocenters. The summed E-state index contributed by atoms with van der Waals surface area (Å²) >= 11 is 0. The molecule has 2 heterocycles. The summed E-state index contributed by atoms with van der Waals surface area (Å²) in [6.45, 7) is 6.73. The lowest BCUT2D eigenvalue weighted by molar-refractivity contribution is 0.0951. The molecular weight excluding hydrogens is 252 g/mol. The van der Waals surface area contributed by atoms with Crippen LogP contribution in [-0.4, -0.2) is 35.5 Å². The van der Waals surface area contributed by atoms with Crippen LogP contribution < -0.4 is 10.2 Å². The number of rotatable bonds is 5. The first-order valence-corrected chi connectivity index (χ1v) is 7.59. The fourth-order valence-corrected chi connectivity index (χ4v) is 2.40. The van der Waals surface area contributed by atoms with Gasteiger partial charge < -0.3 is 10.2 Å². The van der Waals surface area contributed by atoms with Gasteiger partial charge in [-0.25, -0.2) is 9.97 Å². The number of nitrogens with zero attached hydrogens (tertiary/aromatic N) is 3. The summed E-state index contributed by atoms with van der Waals surface area (Å²) < 4.78 is 0. The fourth-order valence-electron chi connectivity index (χ4n) is 2.40. The molecule has 0 aliphatic carbocycles. The standard InChI is InChI=1S/C15H24N4O/c1-3-4-8-16-14(20)13-11-17-15(18-12(13)2)19-9-6-5-7-10-19/h11H,3-10H2,1-2H3,(H,16,20). The van der Waals surface area contributed by atoms with Gasteiger partial charge in [-0.2, -0.15) is 0 Å². The van der Waals surface area contributed by atoms with E-state index in [2.05, 4.69) is 27.1 Å². The van der Waals surface area contributed by atoms with Gasteiger partial charge in [-0.05, 0) is 32.6 Å². The first kappa shape index (κ1) is 14.8. The summed E-state index contributed by atoms with van der Waals surface area (Å²) in [6, 6.07) is 0. The number of hydrogen-bond acceptors (Lipinski definition) is 4. The van der Waals surface area contributed by atoms with Crippen molar-refractivity contribution in [1.82, 2.24) is 15.3 Å². The Labute approximate surface area is 120 Å². The summed E-state index contributed by atoms with van der Waals surface area (Å²) in [5.41, 5.74) is 1.34. The second kappa shape index (κ2) is 7.22. The Morgan fingerprint density at radius 1 is 1.35 bits per heavy atom. The molecule has 20 heavy (non-hydrogen) atoms. The highest BCUT2D eigenvalue weighted by molar-refractivity contribution is 5.94.